The van der Waals surface area contributed by atoms with Gasteiger partial charge in [-0.15, -0.1) is 0 Å². The van der Waals surface area contributed by atoms with Gasteiger partial charge in [0.05, 0.1) is 7.11 Å². The summed E-state index contributed by atoms with van der Waals surface area (Å²) in [5.41, 5.74) is 1.53. The van der Waals surface area contributed by atoms with Gasteiger partial charge in [-0.25, -0.2) is 8.42 Å². The second-order valence-electron chi connectivity index (χ2n) is 7.86. The number of piperazine rings is 1. The third-order valence-corrected chi connectivity index (χ3v) is 7.94. The number of carbonyl (C=O) groups is 1. The average molecular weight is 472 g/mol. The second-order valence-corrected chi connectivity index (χ2v) is 9.77. The van der Waals surface area contributed by atoms with Crippen LogP contribution in [0.3, 0.4) is 0 Å². The second kappa shape index (κ2) is 11.4. The van der Waals surface area contributed by atoms with Gasteiger partial charge < -0.3 is 9.64 Å². The number of amides is 1. The summed E-state index contributed by atoms with van der Waals surface area (Å²) in [5.74, 6) is 0.0848. The number of sulfonamides is 1. The molecule has 1 aliphatic heterocycles. The Morgan fingerprint density at radius 1 is 1.03 bits per heavy atom. The minimum absolute atomic E-state index is 0.0317. The molecule has 0 atom stereocenters. The van der Waals surface area contributed by atoms with Crippen LogP contribution in [0, 0.1) is 0 Å². The van der Waals surface area contributed by atoms with E-state index in [1.165, 1.54) is 23.0 Å². The predicted octanol–water partition coefficient (Wildman–Crippen LogP) is 3.20. The fourth-order valence-corrected chi connectivity index (χ4v) is 5.57. The van der Waals surface area contributed by atoms with E-state index in [0.29, 0.717) is 31.7 Å². The topological polar surface area (TPSA) is 70.2 Å². The fourth-order valence-electron chi connectivity index (χ4n) is 3.93. The first-order chi connectivity index (χ1) is 15.9. The van der Waals surface area contributed by atoms with Gasteiger partial charge in [0.1, 0.15) is 10.6 Å². The van der Waals surface area contributed by atoms with Gasteiger partial charge in [-0.2, -0.15) is 4.31 Å². The molecule has 178 valence electrons. The molecule has 2 aromatic rings. The lowest BCUT2D eigenvalue weighted by molar-refractivity contribution is 0.0650. The highest BCUT2D eigenvalue weighted by Crippen LogP contribution is 2.28. The molecule has 0 saturated carbocycles. The molecular formula is C25H33N3O4S. The summed E-state index contributed by atoms with van der Waals surface area (Å²) in [4.78, 5) is 17.3. The molecule has 1 aliphatic rings. The summed E-state index contributed by atoms with van der Waals surface area (Å²) >= 11 is 0. The first kappa shape index (κ1) is 25.0. The lowest BCUT2D eigenvalue weighted by Crippen LogP contribution is -2.48. The van der Waals surface area contributed by atoms with Gasteiger partial charge in [0.2, 0.25) is 10.0 Å². The molecule has 0 unspecified atom stereocenters. The molecule has 7 nitrogen and oxygen atoms in total. The summed E-state index contributed by atoms with van der Waals surface area (Å²) in [6, 6.07) is 14.8. The average Bonchev–Trinajstić information content (AvgIpc) is 2.85. The van der Waals surface area contributed by atoms with Crippen molar-refractivity contribution in [1.29, 1.82) is 0 Å². The standard InChI is InChI=1S/C25H33N3O4S/c1-4-28(5-2)33(30,31)24-20-22(13-14-23(24)32-3)25(29)27-18-16-26(17-19-27)15-9-12-21-10-7-6-8-11-21/h6-14,20H,4-5,15-19H2,1-3H3/b12-9+. The Balaban J connectivity index is 1.66. The fraction of sp³-hybridized carbons (Fsp3) is 0.400. The summed E-state index contributed by atoms with van der Waals surface area (Å²) in [6.07, 6.45) is 4.24. The van der Waals surface area contributed by atoms with E-state index in [2.05, 4.69) is 29.2 Å². The number of nitrogens with zero attached hydrogens (tertiary/aromatic N) is 3. The maximum absolute atomic E-state index is 13.1. The Morgan fingerprint density at radius 2 is 1.70 bits per heavy atom. The number of ether oxygens (including phenoxy) is 1. The highest BCUT2D eigenvalue weighted by atomic mass is 32.2. The van der Waals surface area contributed by atoms with E-state index in [1.807, 2.05) is 18.2 Å². The SMILES string of the molecule is CCN(CC)S(=O)(=O)c1cc(C(=O)N2CCN(C/C=C/c3ccccc3)CC2)ccc1OC. The van der Waals surface area contributed by atoms with Crippen molar-refractivity contribution in [1.82, 2.24) is 14.1 Å². The van der Waals surface area contributed by atoms with E-state index in [9.17, 15) is 13.2 Å². The normalized spacial score (nSPS) is 15.3. The van der Waals surface area contributed by atoms with E-state index in [4.69, 9.17) is 4.74 Å². The Bertz CT molecular complexity index is 1060. The van der Waals surface area contributed by atoms with Crippen molar-refractivity contribution >= 4 is 22.0 Å². The van der Waals surface area contributed by atoms with Gasteiger partial charge in [-0.1, -0.05) is 56.3 Å². The molecule has 0 radical (unpaired) electrons. The molecule has 0 aliphatic carbocycles. The van der Waals surface area contributed by atoms with Crippen LogP contribution in [0.4, 0.5) is 0 Å². The highest BCUT2D eigenvalue weighted by Gasteiger charge is 2.28. The van der Waals surface area contributed by atoms with Crippen LogP contribution in [-0.2, 0) is 10.0 Å². The minimum Gasteiger partial charge on any atom is -0.495 e. The van der Waals surface area contributed by atoms with Crippen molar-refractivity contribution in [3.8, 4) is 5.75 Å². The van der Waals surface area contributed by atoms with Crippen molar-refractivity contribution in [2.24, 2.45) is 0 Å². The van der Waals surface area contributed by atoms with E-state index in [-0.39, 0.29) is 16.6 Å². The number of benzene rings is 2. The summed E-state index contributed by atoms with van der Waals surface area (Å²) in [7, 11) is -2.32. The summed E-state index contributed by atoms with van der Waals surface area (Å²) in [6.45, 7) is 7.84. The number of rotatable bonds is 9. The Labute approximate surface area is 197 Å². The summed E-state index contributed by atoms with van der Waals surface area (Å²) < 4.78 is 32.8. The molecule has 2 aromatic carbocycles. The minimum atomic E-state index is -3.75. The lowest BCUT2D eigenvalue weighted by atomic mass is 10.1. The molecule has 3 rings (SSSR count). The number of hydrogen-bond acceptors (Lipinski definition) is 5. The molecule has 1 amide bonds. The predicted molar refractivity (Wildman–Crippen MR) is 131 cm³/mol. The highest BCUT2D eigenvalue weighted by molar-refractivity contribution is 7.89. The van der Waals surface area contributed by atoms with Crippen molar-refractivity contribution in [2.45, 2.75) is 18.7 Å². The maximum atomic E-state index is 13.1. The molecule has 1 fully saturated rings. The zero-order valence-corrected chi connectivity index (χ0v) is 20.4. The first-order valence-corrected chi connectivity index (χ1v) is 12.8. The van der Waals surface area contributed by atoms with Crippen LogP contribution in [0.1, 0.15) is 29.8 Å². The van der Waals surface area contributed by atoms with Gasteiger partial charge in [-0.05, 0) is 23.8 Å². The van der Waals surface area contributed by atoms with Gasteiger partial charge in [-0.3, -0.25) is 9.69 Å². The van der Waals surface area contributed by atoms with Crippen molar-refractivity contribution in [3.63, 3.8) is 0 Å². The smallest absolute Gasteiger partial charge is 0.253 e. The van der Waals surface area contributed by atoms with Crippen LogP contribution in [0.25, 0.3) is 6.08 Å². The molecular weight excluding hydrogens is 438 g/mol. The quantitative estimate of drug-likeness (QED) is 0.562. The molecule has 33 heavy (non-hydrogen) atoms. The number of hydrogen-bond donors (Lipinski definition) is 0. The molecule has 0 aromatic heterocycles. The third-order valence-electron chi connectivity index (χ3n) is 5.87. The Kier molecular flexibility index (Phi) is 8.66. The van der Waals surface area contributed by atoms with Crippen molar-refractivity contribution < 1.29 is 17.9 Å². The maximum Gasteiger partial charge on any atom is 0.253 e. The van der Waals surface area contributed by atoms with Gasteiger partial charge in [0.25, 0.3) is 5.91 Å². The van der Waals surface area contributed by atoms with Crippen molar-refractivity contribution in [2.75, 3.05) is 52.9 Å². The van der Waals surface area contributed by atoms with Gasteiger partial charge >= 0.3 is 0 Å². The molecule has 1 saturated heterocycles. The Morgan fingerprint density at radius 3 is 2.30 bits per heavy atom. The molecule has 0 bridgehead atoms. The van der Waals surface area contributed by atoms with Crippen LogP contribution >= 0.6 is 0 Å². The number of methoxy groups -OCH3 is 1. The van der Waals surface area contributed by atoms with Crippen LogP contribution in [-0.4, -0.2) is 81.4 Å². The van der Waals surface area contributed by atoms with Crippen LogP contribution in [0.2, 0.25) is 0 Å². The third kappa shape index (κ3) is 6.01. The lowest BCUT2D eigenvalue weighted by Gasteiger charge is -2.34. The monoisotopic (exact) mass is 471 g/mol. The largest absolute Gasteiger partial charge is 0.495 e. The first-order valence-electron chi connectivity index (χ1n) is 11.3. The van der Waals surface area contributed by atoms with E-state index in [0.717, 1.165) is 19.6 Å². The zero-order chi connectivity index (χ0) is 23.8. The number of carbonyl (C=O) groups excluding carboxylic acids is 1. The van der Waals surface area contributed by atoms with Gasteiger partial charge in [0.15, 0.2) is 0 Å². The van der Waals surface area contributed by atoms with E-state index in [1.54, 1.807) is 30.9 Å². The van der Waals surface area contributed by atoms with Crippen molar-refractivity contribution in [3.05, 3.63) is 65.7 Å². The molecule has 0 spiro atoms. The van der Waals surface area contributed by atoms with Crippen LogP contribution < -0.4 is 4.74 Å². The van der Waals surface area contributed by atoms with E-state index < -0.39 is 10.0 Å². The summed E-state index contributed by atoms with van der Waals surface area (Å²) in [5, 5.41) is 0. The van der Waals surface area contributed by atoms with Crippen LogP contribution in [0.15, 0.2) is 59.5 Å². The molecule has 1 heterocycles. The Hall–Kier alpha value is -2.68. The molecule has 0 N–H and O–H groups in total. The molecule has 8 heteroatoms. The van der Waals surface area contributed by atoms with Crippen LogP contribution in [0.5, 0.6) is 5.75 Å². The van der Waals surface area contributed by atoms with E-state index >= 15 is 0 Å². The van der Waals surface area contributed by atoms with Gasteiger partial charge in [0, 0.05) is 51.4 Å². The zero-order valence-electron chi connectivity index (χ0n) is 19.6.